The summed E-state index contributed by atoms with van der Waals surface area (Å²) in [6, 6.07) is 7.46. The molecule has 19 heavy (non-hydrogen) atoms. The maximum atomic E-state index is 11.1. The van der Waals surface area contributed by atoms with Crippen LogP contribution in [0.3, 0.4) is 0 Å². The van der Waals surface area contributed by atoms with E-state index in [0.717, 1.165) is 6.42 Å². The van der Waals surface area contributed by atoms with E-state index in [1.807, 2.05) is 19.1 Å². The first-order valence-electron chi connectivity index (χ1n) is 5.94. The Kier molecular flexibility index (Phi) is 8.25. The molecule has 1 atom stereocenters. The van der Waals surface area contributed by atoms with Crippen molar-refractivity contribution in [2.75, 3.05) is 6.61 Å². The third-order valence-corrected chi connectivity index (χ3v) is 2.83. The SMILES string of the molecule is CCCOS(=O)OOc1ccc(C(C)(C)C)cc1.Cl. The van der Waals surface area contributed by atoms with Gasteiger partial charge in [0.2, 0.25) is 0 Å². The Labute approximate surface area is 123 Å². The number of hydrogen-bond acceptors (Lipinski definition) is 4. The molecule has 0 N–H and O–H groups in total. The van der Waals surface area contributed by atoms with Crippen molar-refractivity contribution in [2.24, 2.45) is 0 Å². The monoisotopic (exact) mass is 308 g/mol. The second-order valence-electron chi connectivity index (χ2n) is 4.95. The van der Waals surface area contributed by atoms with Crippen molar-refractivity contribution in [1.29, 1.82) is 0 Å². The van der Waals surface area contributed by atoms with Crippen molar-refractivity contribution in [1.82, 2.24) is 0 Å². The molecule has 0 fully saturated rings. The van der Waals surface area contributed by atoms with Crippen molar-refractivity contribution >= 4 is 23.8 Å². The number of rotatable bonds is 6. The zero-order chi connectivity index (χ0) is 13.6. The highest BCUT2D eigenvalue weighted by atomic mass is 35.5. The van der Waals surface area contributed by atoms with Crippen LogP contribution in [0.5, 0.6) is 5.75 Å². The minimum absolute atomic E-state index is 0. The summed E-state index contributed by atoms with van der Waals surface area (Å²) in [5, 5.41) is 0. The molecular formula is C13H21ClO4S. The van der Waals surface area contributed by atoms with Gasteiger partial charge in [-0.15, -0.1) is 12.4 Å². The first-order valence-corrected chi connectivity index (χ1v) is 6.94. The molecule has 0 aliphatic rings. The summed E-state index contributed by atoms with van der Waals surface area (Å²) in [7, 11) is 0. The van der Waals surface area contributed by atoms with Gasteiger partial charge in [-0.1, -0.05) is 44.2 Å². The fourth-order valence-corrected chi connectivity index (χ4v) is 1.72. The molecule has 0 aromatic heterocycles. The molecule has 0 radical (unpaired) electrons. The van der Waals surface area contributed by atoms with Gasteiger partial charge in [-0.2, -0.15) is 4.21 Å². The van der Waals surface area contributed by atoms with Crippen molar-refractivity contribution in [3.8, 4) is 5.75 Å². The van der Waals surface area contributed by atoms with Gasteiger partial charge in [0.25, 0.3) is 0 Å². The van der Waals surface area contributed by atoms with Gasteiger partial charge in [0.1, 0.15) is 0 Å². The molecule has 0 aliphatic carbocycles. The van der Waals surface area contributed by atoms with Crippen LogP contribution in [-0.4, -0.2) is 10.8 Å². The summed E-state index contributed by atoms with van der Waals surface area (Å²) in [4.78, 5) is 4.91. The molecule has 1 unspecified atom stereocenters. The van der Waals surface area contributed by atoms with Crippen LogP contribution in [0, 0.1) is 0 Å². The molecule has 0 spiro atoms. The molecular weight excluding hydrogens is 288 g/mol. The largest absolute Gasteiger partial charge is 0.343 e. The lowest BCUT2D eigenvalue weighted by molar-refractivity contribution is -0.0969. The second-order valence-corrected chi connectivity index (χ2v) is 5.73. The van der Waals surface area contributed by atoms with Crippen LogP contribution in [0.4, 0.5) is 0 Å². The molecule has 1 aromatic carbocycles. The zero-order valence-corrected chi connectivity index (χ0v) is 13.3. The molecule has 1 rings (SSSR count). The minimum atomic E-state index is -1.87. The minimum Gasteiger partial charge on any atom is -0.321 e. The van der Waals surface area contributed by atoms with E-state index in [4.69, 9.17) is 9.07 Å². The number of halogens is 1. The maximum Gasteiger partial charge on any atom is 0.343 e. The van der Waals surface area contributed by atoms with E-state index in [0.29, 0.717) is 12.4 Å². The van der Waals surface area contributed by atoms with Gasteiger partial charge in [-0.3, -0.25) is 4.18 Å². The highest BCUT2D eigenvalue weighted by Crippen LogP contribution is 2.24. The third-order valence-electron chi connectivity index (χ3n) is 2.29. The Morgan fingerprint density at radius 3 is 2.21 bits per heavy atom. The Morgan fingerprint density at radius 2 is 1.74 bits per heavy atom. The van der Waals surface area contributed by atoms with E-state index in [1.54, 1.807) is 12.1 Å². The topological polar surface area (TPSA) is 44.8 Å². The van der Waals surface area contributed by atoms with Gasteiger partial charge < -0.3 is 4.89 Å². The molecule has 110 valence electrons. The van der Waals surface area contributed by atoms with Crippen LogP contribution in [0.25, 0.3) is 0 Å². The standard InChI is InChI=1S/C13H20O4S.ClH/c1-5-10-15-18(14)17-16-12-8-6-11(7-9-12)13(2,3)4;/h6-9H,5,10H2,1-4H3;1H. The average Bonchev–Trinajstić information content (AvgIpc) is 2.33. The molecule has 4 nitrogen and oxygen atoms in total. The molecule has 6 heteroatoms. The van der Waals surface area contributed by atoms with E-state index in [2.05, 4.69) is 25.1 Å². The molecule has 0 saturated heterocycles. The Hall–Kier alpha value is -0.620. The van der Waals surface area contributed by atoms with E-state index in [-0.39, 0.29) is 17.8 Å². The highest BCUT2D eigenvalue weighted by Gasteiger charge is 2.13. The Bertz CT molecular complexity index is 387. The van der Waals surface area contributed by atoms with Crippen LogP contribution >= 0.6 is 12.4 Å². The van der Waals surface area contributed by atoms with Crippen molar-refractivity contribution < 1.29 is 17.6 Å². The van der Waals surface area contributed by atoms with Gasteiger partial charge in [0, 0.05) is 0 Å². The van der Waals surface area contributed by atoms with Crippen LogP contribution in [-0.2, 0) is 25.3 Å². The zero-order valence-electron chi connectivity index (χ0n) is 11.7. The smallest absolute Gasteiger partial charge is 0.321 e. The number of benzene rings is 1. The number of hydrogen-bond donors (Lipinski definition) is 0. The Balaban J connectivity index is 0.00000324. The molecule has 0 amide bonds. The lowest BCUT2D eigenvalue weighted by atomic mass is 9.87. The van der Waals surface area contributed by atoms with Crippen molar-refractivity contribution in [3.05, 3.63) is 29.8 Å². The Morgan fingerprint density at radius 1 is 1.16 bits per heavy atom. The predicted molar refractivity (Wildman–Crippen MR) is 78.5 cm³/mol. The summed E-state index contributed by atoms with van der Waals surface area (Å²) < 4.78 is 20.6. The van der Waals surface area contributed by atoms with E-state index < -0.39 is 11.4 Å². The van der Waals surface area contributed by atoms with E-state index in [1.165, 1.54) is 5.56 Å². The van der Waals surface area contributed by atoms with Crippen molar-refractivity contribution in [3.63, 3.8) is 0 Å². The lowest BCUT2D eigenvalue weighted by Crippen LogP contribution is -2.11. The summed E-state index contributed by atoms with van der Waals surface area (Å²) in [5.41, 5.74) is 1.28. The first kappa shape index (κ1) is 18.4. The third kappa shape index (κ3) is 6.92. The molecule has 0 heterocycles. The van der Waals surface area contributed by atoms with E-state index >= 15 is 0 Å². The summed E-state index contributed by atoms with van der Waals surface area (Å²) in [6.07, 6.45) is 0.773. The summed E-state index contributed by atoms with van der Waals surface area (Å²) in [6.45, 7) is 8.69. The predicted octanol–water partition coefficient (Wildman–Crippen LogP) is 3.72. The first-order chi connectivity index (χ1) is 8.43. The maximum absolute atomic E-state index is 11.1. The fraction of sp³-hybridized carbons (Fsp3) is 0.538. The van der Waals surface area contributed by atoms with Gasteiger partial charge in [0.05, 0.1) is 6.61 Å². The second kappa shape index (κ2) is 8.53. The van der Waals surface area contributed by atoms with Crippen LogP contribution < -0.4 is 4.89 Å². The van der Waals surface area contributed by atoms with Crippen LogP contribution in [0.2, 0.25) is 0 Å². The van der Waals surface area contributed by atoms with Gasteiger partial charge in [-0.25, -0.2) is 0 Å². The highest BCUT2D eigenvalue weighted by molar-refractivity contribution is 7.75. The molecule has 0 aliphatic heterocycles. The van der Waals surface area contributed by atoms with Crippen LogP contribution in [0.15, 0.2) is 24.3 Å². The fourth-order valence-electron chi connectivity index (χ4n) is 1.25. The van der Waals surface area contributed by atoms with E-state index in [9.17, 15) is 4.21 Å². The van der Waals surface area contributed by atoms with Gasteiger partial charge >= 0.3 is 11.4 Å². The quantitative estimate of drug-likeness (QED) is 0.593. The molecule has 0 saturated carbocycles. The molecule has 1 aromatic rings. The lowest BCUT2D eigenvalue weighted by Gasteiger charge is -2.18. The van der Waals surface area contributed by atoms with Crippen LogP contribution in [0.1, 0.15) is 39.7 Å². The molecule has 0 bridgehead atoms. The normalized spacial score (nSPS) is 12.6. The average molecular weight is 309 g/mol. The van der Waals surface area contributed by atoms with Gasteiger partial charge in [0.15, 0.2) is 5.75 Å². The van der Waals surface area contributed by atoms with Gasteiger partial charge in [-0.05, 0) is 29.5 Å². The summed E-state index contributed by atoms with van der Waals surface area (Å²) >= 11 is -1.87. The summed E-state index contributed by atoms with van der Waals surface area (Å²) in [5.74, 6) is 0.497. The van der Waals surface area contributed by atoms with Crippen molar-refractivity contribution in [2.45, 2.75) is 39.5 Å².